The number of nitrogens with zero attached hydrogens (tertiary/aromatic N) is 2. The molecule has 16 heavy (non-hydrogen) atoms. The van der Waals surface area contributed by atoms with Gasteiger partial charge in [0.2, 0.25) is 0 Å². The topological polar surface area (TPSA) is 95.2 Å². The molecule has 6 heteroatoms. The van der Waals surface area contributed by atoms with Crippen molar-refractivity contribution in [2.24, 2.45) is 0 Å². The number of carbonyl (C=O) groups is 1. The van der Waals surface area contributed by atoms with Gasteiger partial charge in [-0.25, -0.2) is 9.78 Å². The highest BCUT2D eigenvalue weighted by molar-refractivity contribution is 5.67. The molecule has 6 nitrogen and oxygen atoms in total. The summed E-state index contributed by atoms with van der Waals surface area (Å²) < 4.78 is 4.82. The number of nitrogens with one attached hydrogen (secondary N) is 1. The molecule has 0 amide bonds. The van der Waals surface area contributed by atoms with Gasteiger partial charge in [0.25, 0.3) is 0 Å². The Balaban J connectivity index is 2.32. The number of aromatic nitrogens is 1. The van der Waals surface area contributed by atoms with E-state index in [-0.39, 0.29) is 13.2 Å². The van der Waals surface area contributed by atoms with Gasteiger partial charge < -0.3 is 15.2 Å². The van der Waals surface area contributed by atoms with E-state index < -0.39 is 5.97 Å². The van der Waals surface area contributed by atoms with E-state index in [0.717, 1.165) is 0 Å². The van der Waals surface area contributed by atoms with Crippen LogP contribution in [0.25, 0.3) is 0 Å². The van der Waals surface area contributed by atoms with Crippen molar-refractivity contribution in [2.45, 2.75) is 0 Å². The van der Waals surface area contributed by atoms with Crippen molar-refractivity contribution in [3.05, 3.63) is 23.9 Å². The molecule has 0 unspecified atom stereocenters. The van der Waals surface area contributed by atoms with E-state index in [0.29, 0.717) is 17.9 Å². The predicted octanol–water partition coefficient (Wildman–Crippen LogP) is 0.466. The van der Waals surface area contributed by atoms with Crippen LogP contribution in [0.1, 0.15) is 5.56 Å². The summed E-state index contributed by atoms with van der Waals surface area (Å²) in [6.07, 6.45) is 1.57. The fourth-order valence-electron chi connectivity index (χ4n) is 1.04. The lowest BCUT2D eigenvalue weighted by Gasteiger charge is -2.06. The molecule has 0 aromatic carbocycles. The van der Waals surface area contributed by atoms with Gasteiger partial charge >= 0.3 is 5.97 Å². The highest BCUT2D eigenvalue weighted by Crippen LogP contribution is 2.08. The number of anilines is 1. The first-order valence-electron chi connectivity index (χ1n) is 4.62. The summed E-state index contributed by atoms with van der Waals surface area (Å²) in [4.78, 5) is 14.1. The van der Waals surface area contributed by atoms with Crippen LogP contribution in [0.3, 0.4) is 0 Å². The average molecular weight is 221 g/mol. The fourth-order valence-corrected chi connectivity index (χ4v) is 1.04. The van der Waals surface area contributed by atoms with Crippen LogP contribution in [0.2, 0.25) is 0 Å². The monoisotopic (exact) mass is 221 g/mol. The Morgan fingerprint density at radius 3 is 3.19 bits per heavy atom. The van der Waals surface area contributed by atoms with Crippen molar-refractivity contribution in [1.82, 2.24) is 4.98 Å². The molecule has 0 spiro atoms. The number of pyridine rings is 1. The molecule has 0 atom stereocenters. The summed E-state index contributed by atoms with van der Waals surface area (Å²) >= 11 is 0. The zero-order valence-electron chi connectivity index (χ0n) is 8.51. The van der Waals surface area contributed by atoms with Crippen molar-refractivity contribution in [2.75, 3.05) is 25.1 Å². The number of rotatable bonds is 6. The first-order valence-corrected chi connectivity index (χ1v) is 4.62. The van der Waals surface area contributed by atoms with Crippen LogP contribution >= 0.6 is 0 Å². The average Bonchev–Trinajstić information content (AvgIpc) is 2.29. The number of nitriles is 1. The van der Waals surface area contributed by atoms with Gasteiger partial charge in [-0.3, -0.25) is 0 Å². The van der Waals surface area contributed by atoms with Crippen LogP contribution in [0, 0.1) is 11.3 Å². The lowest BCUT2D eigenvalue weighted by atomic mass is 10.3. The highest BCUT2D eigenvalue weighted by atomic mass is 16.5. The molecule has 2 N–H and O–H groups in total. The van der Waals surface area contributed by atoms with E-state index in [2.05, 4.69) is 10.3 Å². The van der Waals surface area contributed by atoms with E-state index in [1.54, 1.807) is 18.3 Å². The smallest absolute Gasteiger partial charge is 0.329 e. The lowest BCUT2D eigenvalue weighted by molar-refractivity contribution is -0.142. The molecular formula is C10H11N3O3. The number of carboxylic acid groups (broad SMARTS) is 1. The molecule has 84 valence electrons. The van der Waals surface area contributed by atoms with E-state index in [1.807, 2.05) is 6.07 Å². The summed E-state index contributed by atoms with van der Waals surface area (Å²) in [5.41, 5.74) is 0.445. The Morgan fingerprint density at radius 2 is 2.50 bits per heavy atom. The van der Waals surface area contributed by atoms with Gasteiger partial charge in [0.05, 0.1) is 12.2 Å². The van der Waals surface area contributed by atoms with E-state index >= 15 is 0 Å². The third kappa shape index (κ3) is 3.94. The molecular weight excluding hydrogens is 210 g/mol. The Hall–Kier alpha value is -2.13. The second kappa shape index (κ2) is 6.37. The summed E-state index contributed by atoms with van der Waals surface area (Å²) in [5, 5.41) is 20.0. The first kappa shape index (κ1) is 11.9. The normalized spacial score (nSPS) is 9.44. The lowest BCUT2D eigenvalue weighted by Crippen LogP contribution is -2.15. The van der Waals surface area contributed by atoms with Crippen molar-refractivity contribution >= 4 is 11.8 Å². The molecule has 1 aromatic rings. The molecule has 0 saturated heterocycles. The van der Waals surface area contributed by atoms with Crippen molar-refractivity contribution < 1.29 is 14.6 Å². The van der Waals surface area contributed by atoms with Crippen LogP contribution in [0.15, 0.2) is 18.3 Å². The minimum absolute atomic E-state index is 0.244. The van der Waals surface area contributed by atoms with Crippen molar-refractivity contribution in [1.29, 1.82) is 5.26 Å². The number of carboxylic acids is 1. The van der Waals surface area contributed by atoms with E-state index in [4.69, 9.17) is 15.1 Å². The minimum atomic E-state index is -1.00. The SMILES string of the molecule is N#Cc1cccnc1NCCOCC(=O)O. The van der Waals surface area contributed by atoms with Gasteiger partial charge in [0.15, 0.2) is 0 Å². The predicted molar refractivity (Wildman–Crippen MR) is 55.9 cm³/mol. The number of ether oxygens (including phenoxy) is 1. The molecule has 0 fully saturated rings. The van der Waals surface area contributed by atoms with Gasteiger partial charge in [-0.1, -0.05) is 0 Å². The Bertz CT molecular complexity index is 401. The number of hydrogen-bond donors (Lipinski definition) is 2. The van der Waals surface area contributed by atoms with E-state index in [9.17, 15) is 4.79 Å². The summed E-state index contributed by atoms with van der Waals surface area (Å²) in [6.45, 7) is 0.321. The maximum Gasteiger partial charge on any atom is 0.329 e. The van der Waals surface area contributed by atoms with Crippen molar-refractivity contribution in [3.63, 3.8) is 0 Å². The quantitative estimate of drug-likeness (QED) is 0.678. The van der Waals surface area contributed by atoms with Gasteiger partial charge in [0.1, 0.15) is 18.5 Å². The zero-order valence-corrected chi connectivity index (χ0v) is 8.51. The van der Waals surface area contributed by atoms with Gasteiger partial charge in [-0.05, 0) is 12.1 Å². The number of hydrogen-bond acceptors (Lipinski definition) is 5. The fraction of sp³-hybridized carbons (Fsp3) is 0.300. The zero-order chi connectivity index (χ0) is 11.8. The third-order valence-electron chi connectivity index (χ3n) is 1.69. The summed E-state index contributed by atoms with van der Waals surface area (Å²) in [6, 6.07) is 5.31. The maximum atomic E-state index is 10.1. The van der Waals surface area contributed by atoms with Gasteiger partial charge in [-0.2, -0.15) is 5.26 Å². The first-order chi connectivity index (χ1) is 7.74. The molecule has 1 heterocycles. The van der Waals surface area contributed by atoms with E-state index in [1.165, 1.54) is 0 Å². The molecule has 0 bridgehead atoms. The second-order valence-electron chi connectivity index (χ2n) is 2.88. The van der Waals surface area contributed by atoms with Crippen LogP contribution in [-0.2, 0) is 9.53 Å². The summed E-state index contributed by atoms with van der Waals surface area (Å²) in [5.74, 6) is -0.528. The Kier molecular flexibility index (Phi) is 4.76. The van der Waals surface area contributed by atoms with Crippen molar-refractivity contribution in [3.8, 4) is 6.07 Å². The van der Waals surface area contributed by atoms with Crippen LogP contribution in [0.5, 0.6) is 0 Å². The number of aliphatic carboxylic acids is 1. The molecule has 0 radical (unpaired) electrons. The Morgan fingerprint density at radius 1 is 1.69 bits per heavy atom. The molecule has 0 aliphatic heterocycles. The van der Waals surface area contributed by atoms with Gasteiger partial charge in [0, 0.05) is 12.7 Å². The molecule has 0 aliphatic carbocycles. The maximum absolute atomic E-state index is 10.1. The van der Waals surface area contributed by atoms with Crippen LogP contribution < -0.4 is 5.32 Å². The largest absolute Gasteiger partial charge is 0.480 e. The highest BCUT2D eigenvalue weighted by Gasteiger charge is 2.01. The summed E-state index contributed by atoms with van der Waals surface area (Å²) in [7, 11) is 0. The van der Waals surface area contributed by atoms with Crippen LogP contribution in [0.4, 0.5) is 5.82 Å². The molecule has 0 saturated carbocycles. The standard InChI is InChI=1S/C10H11N3O3/c11-6-8-2-1-3-12-10(8)13-4-5-16-7-9(14)15/h1-3H,4-5,7H2,(H,12,13)(H,14,15). The van der Waals surface area contributed by atoms with Crippen LogP contribution in [-0.4, -0.2) is 35.8 Å². The Labute approximate surface area is 92.5 Å². The minimum Gasteiger partial charge on any atom is -0.480 e. The van der Waals surface area contributed by atoms with Gasteiger partial charge in [-0.15, -0.1) is 0 Å². The molecule has 1 aromatic heterocycles. The molecule has 0 aliphatic rings. The second-order valence-corrected chi connectivity index (χ2v) is 2.88. The third-order valence-corrected chi connectivity index (χ3v) is 1.69. The molecule has 1 rings (SSSR count).